The molecule has 0 nitrogen and oxygen atoms in total. The van der Waals surface area contributed by atoms with Crippen molar-refractivity contribution in [2.24, 2.45) is 0 Å². The first-order valence-corrected chi connectivity index (χ1v) is 21.2. The van der Waals surface area contributed by atoms with Gasteiger partial charge in [-0.05, 0) is 115 Å². The molecule has 0 saturated heterocycles. The molecule has 0 aliphatic heterocycles. The van der Waals surface area contributed by atoms with Crippen LogP contribution in [-0.4, -0.2) is 73.9 Å². The Kier molecular flexibility index (Phi) is 54.0. The van der Waals surface area contributed by atoms with E-state index in [1.54, 1.807) is 0 Å². The van der Waals surface area contributed by atoms with Crippen molar-refractivity contribution in [1.29, 1.82) is 0 Å². The van der Waals surface area contributed by atoms with Gasteiger partial charge in [0.2, 0.25) is 0 Å². The van der Waals surface area contributed by atoms with E-state index >= 15 is 0 Å². The Balaban J connectivity index is -0.0000000873. The molecule has 0 aromatic rings. The fraction of sp³-hybridized carbons (Fsp3) is 1.00. The molecule has 0 heterocycles. The van der Waals surface area contributed by atoms with E-state index in [2.05, 4.69) is 83.1 Å². The molecule has 0 fully saturated rings. The molecule has 0 atom stereocenters. The predicted molar refractivity (Wildman–Crippen MR) is 160 cm³/mol. The van der Waals surface area contributed by atoms with E-state index in [0.29, 0.717) is 0 Å². The van der Waals surface area contributed by atoms with Crippen molar-refractivity contribution in [2.75, 3.05) is 73.9 Å². The SMILES string of the molecule is CC[PH+](CC)CC.CC[PH+](CC)CC.CC[PH+](CC)CC.CC[PH+](CC)CC.[Rh]. The fourth-order valence-corrected chi connectivity index (χ4v) is 9.00. The fourth-order valence-electron chi connectivity index (χ4n) is 3.00. The van der Waals surface area contributed by atoms with E-state index in [-0.39, 0.29) is 51.2 Å². The van der Waals surface area contributed by atoms with Crippen LogP contribution < -0.4 is 0 Å². The summed E-state index contributed by atoms with van der Waals surface area (Å²) < 4.78 is 0. The summed E-state index contributed by atoms with van der Waals surface area (Å²) in [5.74, 6) is 0. The monoisotopic (exact) mass is 579 g/mol. The topological polar surface area (TPSA) is 0 Å². The van der Waals surface area contributed by atoms with Gasteiger partial charge in [0.25, 0.3) is 0 Å². The third-order valence-electron chi connectivity index (χ3n) is 6.00. The quantitative estimate of drug-likeness (QED) is 0.160. The van der Waals surface area contributed by atoms with E-state index < -0.39 is 0 Å². The molecule has 29 heavy (non-hydrogen) atoms. The van der Waals surface area contributed by atoms with Gasteiger partial charge in [-0.3, -0.25) is 0 Å². The molecule has 0 saturated carbocycles. The summed E-state index contributed by atoms with van der Waals surface area (Å²) in [4.78, 5) is 0. The van der Waals surface area contributed by atoms with Crippen LogP contribution in [0, 0.1) is 0 Å². The summed E-state index contributed by atoms with van der Waals surface area (Å²) in [5, 5.41) is 0. The first-order chi connectivity index (χ1) is 13.4. The molecule has 0 aliphatic rings. The Labute approximate surface area is 207 Å². The largest absolute Gasteiger partial charge is 0.0543 e. The van der Waals surface area contributed by atoms with Crippen LogP contribution in [0.5, 0.6) is 0 Å². The summed E-state index contributed by atoms with van der Waals surface area (Å²) in [7, 11) is 0.549. The maximum Gasteiger partial charge on any atom is 0.0543 e. The van der Waals surface area contributed by atoms with Crippen LogP contribution in [0.15, 0.2) is 0 Å². The Hall–Kier alpha value is 2.34. The van der Waals surface area contributed by atoms with Gasteiger partial charge in [0.1, 0.15) is 0 Å². The zero-order chi connectivity index (χ0) is 22.8. The van der Waals surface area contributed by atoms with Crippen LogP contribution in [0.1, 0.15) is 83.1 Å². The molecule has 0 aliphatic carbocycles. The second-order valence-electron chi connectivity index (χ2n) is 7.24. The number of hydrogen-bond donors (Lipinski definition) is 0. The predicted octanol–water partition coefficient (Wildman–Crippen LogP) is 9.04. The first kappa shape index (κ1) is 41.6. The normalized spacial score (nSPS) is 9.93. The van der Waals surface area contributed by atoms with Gasteiger partial charge in [-0.2, -0.15) is 0 Å². The van der Waals surface area contributed by atoms with Crippen LogP contribution in [0.25, 0.3) is 0 Å². The van der Waals surface area contributed by atoms with Crippen molar-refractivity contribution < 1.29 is 19.5 Å². The number of hydrogen-bond acceptors (Lipinski definition) is 0. The third-order valence-corrected chi connectivity index (χ3v) is 18.0. The molecule has 185 valence electrons. The molecule has 0 spiro atoms. The second kappa shape index (κ2) is 37.6. The molecule has 0 aromatic carbocycles. The minimum atomic E-state index is 0. The Bertz CT molecular complexity index is 157. The van der Waals surface area contributed by atoms with Gasteiger partial charge in [0, 0.05) is 19.5 Å². The average Bonchev–Trinajstić information content (AvgIpc) is 2.75. The zero-order valence-electron chi connectivity index (χ0n) is 22.8. The summed E-state index contributed by atoms with van der Waals surface area (Å²) in [6, 6.07) is 0. The van der Waals surface area contributed by atoms with E-state index in [0.717, 1.165) is 0 Å². The van der Waals surface area contributed by atoms with Gasteiger partial charge in [0.05, 0.1) is 73.9 Å². The second-order valence-corrected chi connectivity index (χ2v) is 21.7. The van der Waals surface area contributed by atoms with Crippen molar-refractivity contribution in [3.8, 4) is 0 Å². The minimum absolute atomic E-state index is 0. The molecular formula is C24H64P4Rh+4. The summed E-state index contributed by atoms with van der Waals surface area (Å²) in [6.07, 6.45) is 17.5. The average molecular weight is 580 g/mol. The smallest absolute Gasteiger partial charge is 0.0313 e. The molecule has 0 aromatic heterocycles. The Morgan fingerprint density at radius 1 is 0.241 bits per heavy atom. The molecule has 0 N–H and O–H groups in total. The van der Waals surface area contributed by atoms with Gasteiger partial charge in [-0.15, -0.1) is 0 Å². The van der Waals surface area contributed by atoms with Crippen LogP contribution in [0.2, 0.25) is 0 Å². The van der Waals surface area contributed by atoms with Gasteiger partial charge >= 0.3 is 0 Å². The van der Waals surface area contributed by atoms with E-state index in [4.69, 9.17) is 0 Å². The summed E-state index contributed by atoms with van der Waals surface area (Å²) in [6.45, 7) is 27.7. The van der Waals surface area contributed by atoms with Gasteiger partial charge in [-0.25, -0.2) is 0 Å². The first-order valence-electron chi connectivity index (χ1n) is 12.7. The van der Waals surface area contributed by atoms with Crippen molar-refractivity contribution in [3.05, 3.63) is 0 Å². The number of rotatable bonds is 12. The molecule has 0 rings (SSSR count). The summed E-state index contributed by atoms with van der Waals surface area (Å²) in [5.41, 5.74) is 0. The van der Waals surface area contributed by atoms with E-state index in [1.807, 2.05) is 0 Å². The van der Waals surface area contributed by atoms with E-state index in [9.17, 15) is 0 Å². The van der Waals surface area contributed by atoms with Crippen LogP contribution in [0.3, 0.4) is 0 Å². The van der Waals surface area contributed by atoms with Crippen molar-refractivity contribution in [3.63, 3.8) is 0 Å². The van der Waals surface area contributed by atoms with Crippen molar-refractivity contribution >= 4 is 31.7 Å². The maximum atomic E-state index is 2.31. The standard InChI is InChI=1S/4C6H15P.Rh/c4*1-4-7(5-2)6-3;/h4*4-6H2,1-3H3;/p+4. The third kappa shape index (κ3) is 35.1. The van der Waals surface area contributed by atoms with Crippen molar-refractivity contribution in [2.45, 2.75) is 83.1 Å². The van der Waals surface area contributed by atoms with E-state index in [1.165, 1.54) is 73.9 Å². The molecule has 0 amide bonds. The van der Waals surface area contributed by atoms with Gasteiger partial charge < -0.3 is 0 Å². The molecular weight excluding hydrogens is 515 g/mol. The minimum Gasteiger partial charge on any atom is -0.0313 e. The Morgan fingerprint density at radius 3 is 0.310 bits per heavy atom. The molecule has 5 heteroatoms. The van der Waals surface area contributed by atoms with Crippen LogP contribution in [-0.2, 0) is 19.5 Å². The van der Waals surface area contributed by atoms with Gasteiger partial charge in [-0.1, -0.05) is 0 Å². The zero-order valence-corrected chi connectivity index (χ0v) is 28.5. The Morgan fingerprint density at radius 2 is 0.310 bits per heavy atom. The van der Waals surface area contributed by atoms with Crippen molar-refractivity contribution in [1.82, 2.24) is 0 Å². The van der Waals surface area contributed by atoms with Gasteiger partial charge in [0.15, 0.2) is 0 Å². The maximum absolute atomic E-state index is 2.31. The van der Waals surface area contributed by atoms with Crippen LogP contribution in [0.4, 0.5) is 0 Å². The molecule has 0 unspecified atom stereocenters. The molecule has 0 bridgehead atoms. The van der Waals surface area contributed by atoms with Crippen LogP contribution >= 0.6 is 31.7 Å². The summed E-state index contributed by atoms with van der Waals surface area (Å²) >= 11 is 0. The molecule has 1 radical (unpaired) electrons.